The molecular formula is C30H29FN8O5. The van der Waals surface area contributed by atoms with E-state index in [4.69, 9.17) is 8.85 Å². The molecule has 13 nitrogen and oxygen atoms in total. The van der Waals surface area contributed by atoms with Crippen LogP contribution in [-0.4, -0.2) is 65.6 Å². The van der Waals surface area contributed by atoms with Crippen LogP contribution in [0.3, 0.4) is 0 Å². The Morgan fingerprint density at radius 3 is 2.70 bits per heavy atom. The molecule has 4 heterocycles. The van der Waals surface area contributed by atoms with Gasteiger partial charge < -0.3 is 14.7 Å². The van der Waals surface area contributed by atoms with E-state index in [1.165, 1.54) is 44.8 Å². The smallest absolute Gasteiger partial charge is 0.415 e. The molecule has 2 amide bonds. The largest absolute Gasteiger partial charge is 0.443 e. The van der Waals surface area contributed by atoms with Crippen LogP contribution in [0.15, 0.2) is 23.1 Å². The first-order chi connectivity index (χ1) is 22.1. The number of carbonyl (C=O) groups is 2. The highest BCUT2D eigenvalue weighted by Gasteiger charge is 2.41. The maximum absolute atomic E-state index is 16.1. The lowest BCUT2D eigenvalue weighted by Gasteiger charge is -2.25. The maximum Gasteiger partial charge on any atom is 0.415 e. The number of aromatic amines is 1. The van der Waals surface area contributed by atoms with Crippen LogP contribution in [-0.2, 0) is 24.9 Å². The Labute approximate surface area is 254 Å². The van der Waals surface area contributed by atoms with Crippen molar-refractivity contribution in [1.82, 2.24) is 29.9 Å². The Hall–Kier alpha value is -5.16. The standard InChI is InChI=1S/C30H29FN8O5/c1-30(2,3)44-29(43)37(4)26-24-16(22(13-40)35-36-27(24)41)9-21(34-26)18-11-33-38(5)25(18)23-17(10-32)19-12-39(14-6-7-14)28(42)15(19)8-20(23)31/h8-9,11,14,40H,6-7,12-13H2,1-5H3,(H,36,41)/i4D3. The summed E-state index contributed by atoms with van der Waals surface area (Å²) in [6, 6.07) is 4.52. The van der Waals surface area contributed by atoms with Gasteiger partial charge in [0.25, 0.3) is 11.5 Å². The zero-order valence-electron chi connectivity index (χ0n) is 27.2. The van der Waals surface area contributed by atoms with Gasteiger partial charge in [0, 0.05) is 52.8 Å². The summed E-state index contributed by atoms with van der Waals surface area (Å²) < 4.78 is 47.3. The molecule has 0 radical (unpaired) electrons. The van der Waals surface area contributed by atoms with Crippen molar-refractivity contribution in [2.75, 3.05) is 11.9 Å². The molecule has 0 spiro atoms. The second kappa shape index (κ2) is 10.2. The molecule has 1 aromatic carbocycles. The Morgan fingerprint density at radius 2 is 2.07 bits per heavy atom. The number of aliphatic hydroxyl groups is 1. The molecule has 0 unspecified atom stereocenters. The number of H-pyrrole nitrogens is 1. The summed E-state index contributed by atoms with van der Waals surface area (Å²) in [7, 11) is 1.50. The fourth-order valence-electron chi connectivity index (χ4n) is 5.43. The zero-order valence-corrected chi connectivity index (χ0v) is 24.2. The highest BCUT2D eigenvalue weighted by atomic mass is 19.1. The molecule has 6 rings (SSSR count). The number of carbonyl (C=O) groups excluding carboxylic acids is 2. The predicted molar refractivity (Wildman–Crippen MR) is 156 cm³/mol. The van der Waals surface area contributed by atoms with E-state index in [1.807, 2.05) is 0 Å². The van der Waals surface area contributed by atoms with E-state index in [-0.39, 0.29) is 73.5 Å². The average Bonchev–Trinajstić information content (AvgIpc) is 3.67. The van der Waals surface area contributed by atoms with Crippen molar-refractivity contribution in [2.45, 2.75) is 58.4 Å². The minimum Gasteiger partial charge on any atom is -0.443 e. The number of aromatic nitrogens is 5. The number of benzene rings is 1. The van der Waals surface area contributed by atoms with Crippen molar-refractivity contribution in [2.24, 2.45) is 7.05 Å². The average molecular weight is 604 g/mol. The summed E-state index contributed by atoms with van der Waals surface area (Å²) >= 11 is 0. The first-order valence-electron chi connectivity index (χ1n) is 15.2. The second-order valence-corrected chi connectivity index (χ2v) is 11.7. The van der Waals surface area contributed by atoms with Gasteiger partial charge in [-0.25, -0.2) is 19.3 Å². The number of rotatable bonds is 5. The second-order valence-electron chi connectivity index (χ2n) is 11.7. The number of aliphatic hydroxyl groups excluding tert-OH is 1. The van der Waals surface area contributed by atoms with Gasteiger partial charge in [0.05, 0.1) is 46.4 Å². The monoisotopic (exact) mass is 603 g/mol. The third kappa shape index (κ3) is 4.65. The lowest BCUT2D eigenvalue weighted by molar-refractivity contribution is 0.0588. The van der Waals surface area contributed by atoms with Gasteiger partial charge in [-0.05, 0) is 45.7 Å². The van der Waals surface area contributed by atoms with E-state index in [9.17, 15) is 24.8 Å². The molecule has 1 saturated carbocycles. The summed E-state index contributed by atoms with van der Waals surface area (Å²) in [6.45, 7) is 0.819. The molecule has 1 aliphatic carbocycles. The molecule has 2 aliphatic rings. The SMILES string of the molecule is [2H]C([2H])([2H])N(C(=O)OC(C)(C)C)c1nc(-c2cnn(C)c2-c2c(F)cc3c(c2C#N)CN(C2CC2)C3=O)cc2c(CO)n[nH]c(=O)c12. The van der Waals surface area contributed by atoms with E-state index in [2.05, 4.69) is 26.3 Å². The lowest BCUT2D eigenvalue weighted by atomic mass is 9.93. The molecule has 4 aromatic rings. The molecule has 226 valence electrons. The van der Waals surface area contributed by atoms with E-state index >= 15 is 4.39 Å². The van der Waals surface area contributed by atoms with Gasteiger partial charge in [-0.15, -0.1) is 0 Å². The number of hydrogen-bond acceptors (Lipinski definition) is 9. The summed E-state index contributed by atoms with van der Waals surface area (Å²) in [4.78, 5) is 45.9. The van der Waals surface area contributed by atoms with E-state index in [1.54, 1.807) is 4.90 Å². The quantitative estimate of drug-likeness (QED) is 0.347. The fourth-order valence-corrected chi connectivity index (χ4v) is 5.43. The van der Waals surface area contributed by atoms with E-state index < -0.39 is 42.5 Å². The maximum atomic E-state index is 16.1. The van der Waals surface area contributed by atoms with Gasteiger partial charge in [0.15, 0.2) is 5.82 Å². The van der Waals surface area contributed by atoms with Gasteiger partial charge in [-0.1, -0.05) is 0 Å². The Kier molecular flexibility index (Phi) is 5.90. The van der Waals surface area contributed by atoms with Gasteiger partial charge in [-0.2, -0.15) is 15.5 Å². The molecule has 0 atom stereocenters. The van der Waals surface area contributed by atoms with Crippen LogP contribution >= 0.6 is 0 Å². The van der Waals surface area contributed by atoms with Crippen LogP contribution in [0.5, 0.6) is 0 Å². The molecule has 2 N–H and O–H groups in total. The summed E-state index contributed by atoms with van der Waals surface area (Å²) in [5.41, 5.74) is -1.83. The van der Waals surface area contributed by atoms with Crippen LogP contribution in [0.2, 0.25) is 0 Å². The van der Waals surface area contributed by atoms with Crippen LogP contribution in [0.25, 0.3) is 33.3 Å². The molecule has 0 bridgehead atoms. The normalized spacial score (nSPS) is 15.9. The van der Waals surface area contributed by atoms with Crippen molar-refractivity contribution < 1.29 is 27.9 Å². The van der Waals surface area contributed by atoms with Crippen molar-refractivity contribution in [3.8, 4) is 28.6 Å². The number of ether oxygens (including phenoxy) is 1. The van der Waals surface area contributed by atoms with Gasteiger partial charge in [0.1, 0.15) is 17.5 Å². The molecule has 44 heavy (non-hydrogen) atoms. The topological polar surface area (TPSA) is 170 Å². The Balaban J connectivity index is 1.63. The molecule has 3 aromatic heterocycles. The number of hydrogen-bond donors (Lipinski definition) is 2. The Bertz CT molecular complexity index is 2090. The number of halogens is 1. The summed E-state index contributed by atoms with van der Waals surface area (Å²) in [5, 5.41) is 30.3. The molecule has 1 fully saturated rings. The first kappa shape index (κ1) is 25.3. The van der Waals surface area contributed by atoms with Crippen molar-refractivity contribution >= 4 is 28.6 Å². The number of anilines is 1. The third-order valence-corrected chi connectivity index (χ3v) is 7.53. The summed E-state index contributed by atoms with van der Waals surface area (Å²) in [6.07, 6.45) is 1.61. The molecule has 1 aliphatic heterocycles. The number of amides is 2. The first-order valence-corrected chi connectivity index (χ1v) is 13.7. The fraction of sp³-hybridized carbons (Fsp3) is 0.367. The number of aryl methyl sites for hydroxylation is 1. The highest BCUT2D eigenvalue weighted by Crippen LogP contribution is 2.42. The zero-order chi connectivity index (χ0) is 34.2. The predicted octanol–water partition coefficient (Wildman–Crippen LogP) is 3.38. The molecule has 0 saturated heterocycles. The van der Waals surface area contributed by atoms with Gasteiger partial charge in [-0.3, -0.25) is 19.2 Å². The number of nitriles is 1. The van der Waals surface area contributed by atoms with Gasteiger partial charge >= 0.3 is 6.09 Å². The Morgan fingerprint density at radius 1 is 1.32 bits per heavy atom. The lowest BCUT2D eigenvalue weighted by Crippen LogP contribution is -2.35. The van der Waals surface area contributed by atoms with Crippen LogP contribution in [0.4, 0.5) is 15.0 Å². The number of fused-ring (bicyclic) bond motifs is 2. The van der Waals surface area contributed by atoms with E-state index in [0.29, 0.717) is 5.56 Å². The number of nitrogens with zero attached hydrogens (tertiary/aromatic N) is 7. The molecule has 14 heteroatoms. The number of nitrogens with one attached hydrogen (secondary N) is 1. The minimum absolute atomic E-state index is 0.0315. The van der Waals surface area contributed by atoms with Crippen molar-refractivity contribution in [1.29, 1.82) is 5.26 Å². The highest BCUT2D eigenvalue weighted by molar-refractivity contribution is 6.03. The van der Waals surface area contributed by atoms with E-state index in [0.717, 1.165) is 18.9 Å². The van der Waals surface area contributed by atoms with Crippen molar-refractivity contribution in [3.63, 3.8) is 0 Å². The van der Waals surface area contributed by atoms with Gasteiger partial charge in [0.2, 0.25) is 0 Å². The third-order valence-electron chi connectivity index (χ3n) is 7.53. The molecular weight excluding hydrogens is 571 g/mol. The van der Waals surface area contributed by atoms with Crippen LogP contribution in [0.1, 0.15) is 64.9 Å². The number of pyridine rings is 1. The van der Waals surface area contributed by atoms with Crippen LogP contribution in [0, 0.1) is 17.1 Å². The summed E-state index contributed by atoms with van der Waals surface area (Å²) in [5.74, 6) is -1.86. The van der Waals surface area contributed by atoms with Crippen LogP contribution < -0.4 is 10.5 Å². The minimum atomic E-state index is -3.21. The van der Waals surface area contributed by atoms with Crippen molar-refractivity contribution in [3.05, 3.63) is 56.9 Å².